The van der Waals surface area contributed by atoms with Gasteiger partial charge in [-0.05, 0) is 35.9 Å². The van der Waals surface area contributed by atoms with Gasteiger partial charge in [0, 0.05) is 5.75 Å². The zero-order chi connectivity index (χ0) is 20.0. The van der Waals surface area contributed by atoms with Gasteiger partial charge in [0.2, 0.25) is 5.91 Å². The maximum absolute atomic E-state index is 12.7. The van der Waals surface area contributed by atoms with Gasteiger partial charge in [-0.1, -0.05) is 23.7 Å². The number of thioether (sulfide) groups is 1. The fraction of sp³-hybridized carbons (Fsp3) is 0.222. The van der Waals surface area contributed by atoms with Gasteiger partial charge in [-0.25, -0.2) is 4.79 Å². The fourth-order valence-electron chi connectivity index (χ4n) is 2.15. The van der Waals surface area contributed by atoms with Crippen molar-refractivity contribution in [2.75, 3.05) is 18.2 Å². The van der Waals surface area contributed by atoms with Crippen LogP contribution in [-0.4, -0.2) is 24.7 Å². The van der Waals surface area contributed by atoms with E-state index in [0.29, 0.717) is 11.3 Å². The van der Waals surface area contributed by atoms with Crippen LogP contribution in [0.4, 0.5) is 18.9 Å². The van der Waals surface area contributed by atoms with E-state index in [1.54, 1.807) is 24.3 Å². The number of carbonyl (C=O) groups excluding carboxylic acids is 2. The molecule has 27 heavy (non-hydrogen) atoms. The molecular weight excluding hydrogens is 403 g/mol. The van der Waals surface area contributed by atoms with Crippen LogP contribution < -0.4 is 5.32 Å². The molecule has 0 spiro atoms. The Morgan fingerprint density at radius 2 is 1.93 bits per heavy atom. The second-order valence-electron chi connectivity index (χ2n) is 5.43. The Labute approximate surface area is 163 Å². The monoisotopic (exact) mass is 417 g/mol. The molecule has 0 heterocycles. The molecule has 144 valence electrons. The molecule has 0 saturated heterocycles. The zero-order valence-corrected chi connectivity index (χ0v) is 15.7. The van der Waals surface area contributed by atoms with Crippen LogP contribution in [0.5, 0.6) is 0 Å². The van der Waals surface area contributed by atoms with Crippen molar-refractivity contribution in [1.29, 1.82) is 0 Å². The molecule has 9 heteroatoms. The number of esters is 1. The van der Waals surface area contributed by atoms with Crippen molar-refractivity contribution in [3.63, 3.8) is 0 Å². The topological polar surface area (TPSA) is 55.4 Å². The van der Waals surface area contributed by atoms with Crippen LogP contribution >= 0.6 is 23.4 Å². The Morgan fingerprint density at radius 3 is 2.59 bits per heavy atom. The summed E-state index contributed by atoms with van der Waals surface area (Å²) in [5, 5.41) is 2.40. The number of amides is 1. The van der Waals surface area contributed by atoms with E-state index >= 15 is 0 Å². The lowest BCUT2D eigenvalue weighted by Crippen LogP contribution is -2.15. The number of methoxy groups -OCH3 is 1. The first kappa shape index (κ1) is 21.1. The van der Waals surface area contributed by atoms with E-state index in [4.69, 9.17) is 11.6 Å². The Bertz CT molecular complexity index is 843. The number of carbonyl (C=O) groups is 2. The Morgan fingerprint density at radius 1 is 1.19 bits per heavy atom. The van der Waals surface area contributed by atoms with Crippen molar-refractivity contribution in [3.8, 4) is 0 Å². The highest BCUT2D eigenvalue weighted by molar-refractivity contribution is 7.99. The number of halogens is 4. The molecule has 0 unspecified atom stereocenters. The first-order valence-corrected chi connectivity index (χ1v) is 9.15. The van der Waals surface area contributed by atoms with Gasteiger partial charge in [-0.15, -0.1) is 11.8 Å². The molecule has 2 aromatic rings. The summed E-state index contributed by atoms with van der Waals surface area (Å²) in [6, 6.07) is 9.49. The molecule has 0 radical (unpaired) electrons. The van der Waals surface area contributed by atoms with Crippen molar-refractivity contribution < 1.29 is 27.5 Å². The van der Waals surface area contributed by atoms with Crippen LogP contribution in [0.1, 0.15) is 21.5 Å². The number of benzene rings is 2. The Hall–Kier alpha value is -2.19. The molecular formula is C18H15ClF3NO3S. The Kier molecular flexibility index (Phi) is 7.15. The van der Waals surface area contributed by atoms with Crippen LogP contribution in [0.25, 0.3) is 0 Å². The number of alkyl halides is 3. The van der Waals surface area contributed by atoms with Crippen molar-refractivity contribution in [2.24, 2.45) is 0 Å². The molecule has 0 saturated carbocycles. The van der Waals surface area contributed by atoms with E-state index in [1.807, 2.05) is 0 Å². The minimum atomic E-state index is -4.52. The molecule has 0 aliphatic carbocycles. The lowest BCUT2D eigenvalue weighted by molar-refractivity contribution is -0.137. The quantitative estimate of drug-likeness (QED) is 0.671. The lowest BCUT2D eigenvalue weighted by Gasteiger charge is -2.11. The highest BCUT2D eigenvalue weighted by Gasteiger charge is 2.31. The van der Waals surface area contributed by atoms with Crippen LogP contribution in [0, 0.1) is 0 Å². The average molecular weight is 418 g/mol. The molecule has 0 atom stereocenters. The molecule has 0 aromatic heterocycles. The van der Waals surface area contributed by atoms with E-state index in [1.165, 1.54) is 18.9 Å². The molecule has 1 amide bonds. The predicted molar refractivity (Wildman–Crippen MR) is 99.0 cm³/mol. The largest absolute Gasteiger partial charge is 0.465 e. The maximum Gasteiger partial charge on any atom is 0.416 e. The third-order valence-corrected chi connectivity index (χ3v) is 4.75. The molecule has 0 bridgehead atoms. The highest BCUT2D eigenvalue weighted by Crippen LogP contribution is 2.33. The normalized spacial score (nSPS) is 11.1. The van der Waals surface area contributed by atoms with Crippen molar-refractivity contribution >= 4 is 40.9 Å². The van der Waals surface area contributed by atoms with Crippen molar-refractivity contribution in [2.45, 2.75) is 11.9 Å². The third-order valence-electron chi connectivity index (χ3n) is 3.42. The zero-order valence-electron chi connectivity index (χ0n) is 14.1. The molecule has 4 nitrogen and oxygen atoms in total. The molecule has 0 fully saturated rings. The number of rotatable bonds is 6. The summed E-state index contributed by atoms with van der Waals surface area (Å²) in [7, 11) is 1.28. The van der Waals surface area contributed by atoms with Gasteiger partial charge in [0.15, 0.2) is 0 Å². The number of ether oxygens (including phenoxy) is 1. The molecule has 1 N–H and O–H groups in total. The molecule has 2 aromatic carbocycles. The lowest BCUT2D eigenvalue weighted by atomic mass is 10.1. The fourth-order valence-corrected chi connectivity index (χ4v) is 3.09. The maximum atomic E-state index is 12.7. The summed E-state index contributed by atoms with van der Waals surface area (Å²) in [5.74, 6) is -0.493. The number of hydrogen-bond acceptors (Lipinski definition) is 4. The van der Waals surface area contributed by atoms with Gasteiger partial charge in [-0.3, -0.25) is 4.79 Å². The Balaban J connectivity index is 1.93. The van der Waals surface area contributed by atoms with Gasteiger partial charge in [0.25, 0.3) is 0 Å². The van der Waals surface area contributed by atoms with E-state index < -0.39 is 23.6 Å². The van der Waals surface area contributed by atoms with Gasteiger partial charge < -0.3 is 10.1 Å². The van der Waals surface area contributed by atoms with Crippen LogP contribution in [0.15, 0.2) is 42.5 Å². The second-order valence-corrected chi connectivity index (χ2v) is 6.82. The van der Waals surface area contributed by atoms with E-state index in [2.05, 4.69) is 10.1 Å². The smallest absolute Gasteiger partial charge is 0.416 e. The molecule has 2 rings (SSSR count). The van der Waals surface area contributed by atoms with Crippen molar-refractivity contribution in [3.05, 3.63) is 64.2 Å². The number of anilines is 1. The van der Waals surface area contributed by atoms with E-state index in [9.17, 15) is 22.8 Å². The standard InChI is InChI=1S/C18H15ClF3NO3S/c1-26-17(25)12-4-2-3-11(7-12)9-27-10-16(24)23-15-8-13(18(20,21)22)5-6-14(15)19/h2-8H,9-10H2,1H3,(H,23,24). The summed E-state index contributed by atoms with van der Waals surface area (Å²) < 4.78 is 42.9. The van der Waals surface area contributed by atoms with E-state index in [0.717, 1.165) is 23.8 Å². The molecule has 0 aliphatic rings. The minimum absolute atomic E-state index is 0.00895. The van der Waals surface area contributed by atoms with Crippen molar-refractivity contribution in [1.82, 2.24) is 0 Å². The van der Waals surface area contributed by atoms with E-state index in [-0.39, 0.29) is 16.5 Å². The first-order chi connectivity index (χ1) is 12.7. The van der Waals surface area contributed by atoms with Gasteiger partial charge in [0.1, 0.15) is 0 Å². The van der Waals surface area contributed by atoms with Crippen LogP contribution in [-0.2, 0) is 21.5 Å². The average Bonchev–Trinajstić information content (AvgIpc) is 2.62. The summed E-state index contributed by atoms with van der Waals surface area (Å²) in [6.07, 6.45) is -4.52. The second kappa shape index (κ2) is 9.14. The molecule has 0 aliphatic heterocycles. The summed E-state index contributed by atoms with van der Waals surface area (Å²) in [4.78, 5) is 23.5. The SMILES string of the molecule is COC(=O)c1cccc(CSCC(=O)Nc2cc(C(F)(F)F)ccc2Cl)c1. The first-order valence-electron chi connectivity index (χ1n) is 7.62. The van der Waals surface area contributed by atoms with Crippen LogP contribution in [0.3, 0.4) is 0 Å². The number of nitrogens with one attached hydrogen (secondary N) is 1. The summed E-state index contributed by atoms with van der Waals surface area (Å²) in [6.45, 7) is 0. The summed E-state index contributed by atoms with van der Waals surface area (Å²) >= 11 is 7.10. The number of hydrogen-bond donors (Lipinski definition) is 1. The predicted octanol–water partition coefficient (Wildman–Crippen LogP) is 5.02. The highest BCUT2D eigenvalue weighted by atomic mass is 35.5. The van der Waals surface area contributed by atoms with Gasteiger partial charge in [0.05, 0.1) is 34.7 Å². The van der Waals surface area contributed by atoms with Gasteiger partial charge in [-0.2, -0.15) is 13.2 Å². The van der Waals surface area contributed by atoms with Crippen LogP contribution in [0.2, 0.25) is 5.02 Å². The third kappa shape index (κ3) is 6.18. The van der Waals surface area contributed by atoms with Gasteiger partial charge >= 0.3 is 12.1 Å². The summed E-state index contributed by atoms with van der Waals surface area (Å²) in [5.41, 5.74) is 0.225. The minimum Gasteiger partial charge on any atom is -0.465 e.